The van der Waals surface area contributed by atoms with Gasteiger partial charge < -0.3 is 14.8 Å². The Morgan fingerprint density at radius 1 is 1.24 bits per heavy atom. The second-order valence-electron chi connectivity index (χ2n) is 5.16. The number of hydrogen-bond donors (Lipinski definition) is 1. The van der Waals surface area contributed by atoms with Gasteiger partial charge in [0.15, 0.2) is 0 Å². The topological polar surface area (TPSA) is 67.9 Å². The molecule has 1 N–H and O–H groups in total. The van der Waals surface area contributed by atoms with E-state index in [0.717, 1.165) is 0 Å². The zero-order valence-electron chi connectivity index (χ0n) is 12.7. The molecule has 1 heterocycles. The van der Waals surface area contributed by atoms with Crippen LogP contribution in [0.15, 0.2) is 18.2 Å². The van der Waals surface area contributed by atoms with Gasteiger partial charge in [-0.2, -0.15) is 0 Å². The van der Waals surface area contributed by atoms with Crippen LogP contribution in [0, 0.1) is 0 Å². The molecule has 1 unspecified atom stereocenters. The van der Waals surface area contributed by atoms with E-state index in [-0.39, 0.29) is 24.3 Å². The molecule has 6 heteroatoms. The number of ether oxygens (including phenoxy) is 2. The number of nitrogens with zero attached hydrogens (tertiary/aromatic N) is 1. The van der Waals surface area contributed by atoms with E-state index in [1.165, 1.54) is 4.90 Å². The summed E-state index contributed by atoms with van der Waals surface area (Å²) in [6.07, 6.45) is 0.150. The summed E-state index contributed by atoms with van der Waals surface area (Å²) in [5, 5.41) is 3.08. The summed E-state index contributed by atoms with van der Waals surface area (Å²) >= 11 is 0. The Hall–Kier alpha value is -2.24. The van der Waals surface area contributed by atoms with E-state index >= 15 is 0 Å². The summed E-state index contributed by atoms with van der Waals surface area (Å²) < 4.78 is 10.4. The molecule has 6 nitrogen and oxygen atoms in total. The number of likely N-dealkylation sites (tertiary alicyclic amines) is 1. The predicted molar refractivity (Wildman–Crippen MR) is 78.6 cm³/mol. The third-order valence-electron chi connectivity index (χ3n) is 3.44. The monoisotopic (exact) mass is 292 g/mol. The number of carbonyl (C=O) groups is 2. The number of anilines is 1. The van der Waals surface area contributed by atoms with Crippen LogP contribution in [-0.2, 0) is 9.59 Å². The summed E-state index contributed by atoms with van der Waals surface area (Å²) in [6, 6.07) is 4.56. The molecule has 1 fully saturated rings. The predicted octanol–water partition coefficient (Wildman–Crippen LogP) is 1.65. The fraction of sp³-hybridized carbons (Fsp3) is 0.467. The minimum absolute atomic E-state index is 0.135. The van der Waals surface area contributed by atoms with Gasteiger partial charge in [0.05, 0.1) is 26.3 Å². The summed E-state index contributed by atoms with van der Waals surface area (Å²) in [4.78, 5) is 25.5. The molecule has 0 saturated carbocycles. The van der Waals surface area contributed by atoms with Crippen molar-refractivity contribution in [3.63, 3.8) is 0 Å². The average molecular weight is 292 g/mol. The molecule has 0 aromatic heterocycles. The van der Waals surface area contributed by atoms with Crippen LogP contribution in [0.1, 0.15) is 20.3 Å². The van der Waals surface area contributed by atoms with Crippen LogP contribution < -0.4 is 14.8 Å². The first-order valence-corrected chi connectivity index (χ1v) is 6.82. The van der Waals surface area contributed by atoms with E-state index in [9.17, 15) is 9.59 Å². The van der Waals surface area contributed by atoms with Crippen LogP contribution in [0.5, 0.6) is 11.5 Å². The molecule has 0 spiro atoms. The lowest BCUT2D eigenvalue weighted by Crippen LogP contribution is -2.39. The Kier molecular flexibility index (Phi) is 4.35. The van der Waals surface area contributed by atoms with Crippen molar-refractivity contribution < 1.29 is 19.1 Å². The van der Waals surface area contributed by atoms with E-state index in [1.807, 2.05) is 13.8 Å². The fourth-order valence-electron chi connectivity index (χ4n) is 2.42. The van der Waals surface area contributed by atoms with Crippen LogP contribution in [0.4, 0.5) is 5.69 Å². The Labute approximate surface area is 124 Å². The maximum Gasteiger partial charge on any atom is 0.252 e. The molecule has 1 aliphatic heterocycles. The Morgan fingerprint density at radius 3 is 2.48 bits per heavy atom. The highest BCUT2D eigenvalue weighted by molar-refractivity contribution is 6.07. The summed E-state index contributed by atoms with van der Waals surface area (Å²) in [5.74, 6) is 0.879. The lowest BCUT2D eigenvalue weighted by Gasteiger charge is -2.20. The molecule has 1 aromatic rings. The molecule has 0 bridgehead atoms. The lowest BCUT2D eigenvalue weighted by atomic mass is 10.2. The Bertz CT molecular complexity index is 557. The van der Waals surface area contributed by atoms with Crippen molar-refractivity contribution in [2.45, 2.75) is 32.4 Å². The van der Waals surface area contributed by atoms with E-state index in [0.29, 0.717) is 17.2 Å². The van der Waals surface area contributed by atoms with Crippen LogP contribution in [0.3, 0.4) is 0 Å². The van der Waals surface area contributed by atoms with Gasteiger partial charge in [0.1, 0.15) is 17.5 Å². The Morgan fingerprint density at radius 2 is 1.95 bits per heavy atom. The summed E-state index contributed by atoms with van der Waals surface area (Å²) in [7, 11) is 3.12. The van der Waals surface area contributed by atoms with E-state index in [1.54, 1.807) is 32.4 Å². The molecule has 1 atom stereocenters. The maximum absolute atomic E-state index is 12.3. The maximum atomic E-state index is 12.3. The second-order valence-corrected chi connectivity index (χ2v) is 5.16. The van der Waals surface area contributed by atoms with Crippen molar-refractivity contribution in [3.8, 4) is 11.5 Å². The van der Waals surface area contributed by atoms with Crippen molar-refractivity contribution in [3.05, 3.63) is 18.2 Å². The number of nitrogens with one attached hydrogen (secondary N) is 1. The van der Waals surface area contributed by atoms with Gasteiger partial charge in [-0.1, -0.05) is 0 Å². The molecule has 1 saturated heterocycles. The van der Waals surface area contributed by atoms with Crippen LogP contribution >= 0.6 is 0 Å². The van der Waals surface area contributed by atoms with E-state index in [4.69, 9.17) is 9.47 Å². The smallest absolute Gasteiger partial charge is 0.252 e. The largest absolute Gasteiger partial charge is 0.497 e. The van der Waals surface area contributed by atoms with Crippen LogP contribution in [0.25, 0.3) is 0 Å². The Balaban J connectivity index is 2.22. The molecule has 2 rings (SSSR count). The number of methoxy groups -OCH3 is 2. The molecular weight excluding hydrogens is 272 g/mol. The zero-order valence-corrected chi connectivity index (χ0v) is 12.7. The average Bonchev–Trinajstić information content (AvgIpc) is 2.73. The molecule has 0 aliphatic carbocycles. The van der Waals surface area contributed by atoms with Crippen molar-refractivity contribution in [1.82, 2.24) is 4.90 Å². The van der Waals surface area contributed by atoms with Crippen LogP contribution in [-0.4, -0.2) is 43.0 Å². The number of imide groups is 1. The molecule has 1 aromatic carbocycles. The van der Waals surface area contributed by atoms with Crippen LogP contribution in [0.2, 0.25) is 0 Å². The van der Waals surface area contributed by atoms with Gasteiger partial charge in [-0.25, -0.2) is 0 Å². The van der Waals surface area contributed by atoms with Crippen molar-refractivity contribution in [1.29, 1.82) is 0 Å². The fourth-order valence-corrected chi connectivity index (χ4v) is 2.42. The van der Waals surface area contributed by atoms with Gasteiger partial charge in [-0.3, -0.25) is 14.5 Å². The number of hydrogen-bond acceptors (Lipinski definition) is 5. The normalized spacial score (nSPS) is 18.3. The third-order valence-corrected chi connectivity index (χ3v) is 3.44. The number of carbonyl (C=O) groups excluding carboxylic acids is 2. The SMILES string of the molecule is COc1ccc(OC)c(NC2CC(=O)N(C(C)C)C2=O)c1. The quantitative estimate of drug-likeness (QED) is 0.836. The molecule has 0 radical (unpaired) electrons. The second kappa shape index (κ2) is 6.03. The molecule has 1 aliphatic rings. The highest BCUT2D eigenvalue weighted by atomic mass is 16.5. The number of amides is 2. The first-order chi connectivity index (χ1) is 9.97. The minimum Gasteiger partial charge on any atom is -0.497 e. The first kappa shape index (κ1) is 15.2. The van der Waals surface area contributed by atoms with Crippen molar-refractivity contribution in [2.24, 2.45) is 0 Å². The third kappa shape index (κ3) is 2.94. The number of benzene rings is 1. The first-order valence-electron chi connectivity index (χ1n) is 6.82. The lowest BCUT2D eigenvalue weighted by molar-refractivity contribution is -0.140. The highest BCUT2D eigenvalue weighted by Gasteiger charge is 2.40. The zero-order chi connectivity index (χ0) is 15.6. The van der Waals surface area contributed by atoms with Gasteiger partial charge >= 0.3 is 0 Å². The van der Waals surface area contributed by atoms with Crippen molar-refractivity contribution in [2.75, 3.05) is 19.5 Å². The minimum atomic E-state index is -0.569. The molecule has 114 valence electrons. The van der Waals surface area contributed by atoms with Gasteiger partial charge in [-0.05, 0) is 26.0 Å². The van der Waals surface area contributed by atoms with Gasteiger partial charge in [0.25, 0.3) is 5.91 Å². The van der Waals surface area contributed by atoms with Gasteiger partial charge in [0, 0.05) is 12.1 Å². The number of rotatable bonds is 5. The van der Waals surface area contributed by atoms with E-state index < -0.39 is 6.04 Å². The summed E-state index contributed by atoms with van der Waals surface area (Å²) in [5.41, 5.74) is 0.633. The summed E-state index contributed by atoms with van der Waals surface area (Å²) in [6.45, 7) is 3.65. The molecular formula is C15H20N2O4. The highest BCUT2D eigenvalue weighted by Crippen LogP contribution is 2.31. The van der Waals surface area contributed by atoms with E-state index in [2.05, 4.69) is 5.32 Å². The van der Waals surface area contributed by atoms with Crippen molar-refractivity contribution >= 4 is 17.5 Å². The standard InChI is InChI=1S/C15H20N2O4/c1-9(2)17-14(18)8-12(15(17)19)16-11-7-10(20-3)5-6-13(11)21-4/h5-7,9,12,16H,8H2,1-4H3. The molecule has 21 heavy (non-hydrogen) atoms. The van der Waals surface area contributed by atoms with Gasteiger partial charge in [0.2, 0.25) is 5.91 Å². The molecule has 2 amide bonds. The van der Waals surface area contributed by atoms with Gasteiger partial charge in [-0.15, -0.1) is 0 Å².